The van der Waals surface area contributed by atoms with E-state index in [4.69, 9.17) is 0 Å². The average molecular weight is 402 g/mol. The number of hydrogen-bond donors (Lipinski definition) is 1. The lowest BCUT2D eigenvalue weighted by Gasteiger charge is -2.35. The molecule has 3 aromatic rings. The van der Waals surface area contributed by atoms with Crippen molar-refractivity contribution in [2.75, 3.05) is 36.4 Å². The van der Waals surface area contributed by atoms with Crippen LogP contribution in [0.5, 0.6) is 0 Å². The number of piperazine rings is 1. The van der Waals surface area contributed by atoms with E-state index in [9.17, 15) is 4.79 Å². The van der Waals surface area contributed by atoms with E-state index in [-0.39, 0.29) is 6.03 Å². The predicted molar refractivity (Wildman–Crippen MR) is 121 cm³/mol. The van der Waals surface area contributed by atoms with E-state index < -0.39 is 0 Å². The maximum Gasteiger partial charge on any atom is 0.321 e. The van der Waals surface area contributed by atoms with Gasteiger partial charge in [0.05, 0.1) is 5.69 Å². The van der Waals surface area contributed by atoms with Gasteiger partial charge in [-0.05, 0) is 50.1 Å². The topological polar surface area (TPSA) is 61.4 Å². The minimum atomic E-state index is -0.0553. The standard InChI is InChI=1S/C24H27N5O/c1-17-8-9-20(19(3)16-17)22-10-11-23(27-26-22)28-12-14-29(15-13-28)24(30)25-21-7-5-4-6-18(21)2/h4-11,16H,12-15H2,1-3H3,(H,25,30). The van der Waals surface area contributed by atoms with Crippen LogP contribution in [0, 0.1) is 20.8 Å². The Bertz CT molecular complexity index is 1040. The van der Waals surface area contributed by atoms with Gasteiger partial charge in [-0.3, -0.25) is 0 Å². The van der Waals surface area contributed by atoms with Crippen LogP contribution in [0.25, 0.3) is 11.3 Å². The van der Waals surface area contributed by atoms with Crippen molar-refractivity contribution in [3.05, 3.63) is 71.3 Å². The molecule has 1 fully saturated rings. The Labute approximate surface area is 177 Å². The quantitative estimate of drug-likeness (QED) is 0.706. The van der Waals surface area contributed by atoms with Crippen LogP contribution < -0.4 is 10.2 Å². The molecule has 0 atom stereocenters. The molecule has 2 amide bonds. The zero-order chi connectivity index (χ0) is 21.1. The largest absolute Gasteiger partial charge is 0.352 e. The summed E-state index contributed by atoms with van der Waals surface area (Å²) in [4.78, 5) is 16.6. The van der Waals surface area contributed by atoms with E-state index in [1.165, 1.54) is 11.1 Å². The Hall–Kier alpha value is -3.41. The highest BCUT2D eigenvalue weighted by atomic mass is 16.2. The molecule has 6 nitrogen and oxygen atoms in total. The number of anilines is 2. The Morgan fingerprint density at radius 2 is 1.63 bits per heavy atom. The molecule has 0 saturated carbocycles. The predicted octanol–water partition coefficient (Wildman–Crippen LogP) is 4.42. The molecule has 1 N–H and O–H groups in total. The first-order valence-electron chi connectivity index (χ1n) is 10.3. The van der Waals surface area contributed by atoms with E-state index >= 15 is 0 Å². The fraction of sp³-hybridized carbons (Fsp3) is 0.292. The van der Waals surface area contributed by atoms with Gasteiger partial charge in [-0.15, -0.1) is 10.2 Å². The van der Waals surface area contributed by atoms with Crippen molar-refractivity contribution in [1.82, 2.24) is 15.1 Å². The van der Waals surface area contributed by atoms with Crippen molar-refractivity contribution in [3.63, 3.8) is 0 Å². The van der Waals surface area contributed by atoms with Crippen LogP contribution in [-0.2, 0) is 0 Å². The lowest BCUT2D eigenvalue weighted by atomic mass is 10.0. The summed E-state index contributed by atoms with van der Waals surface area (Å²) in [6.45, 7) is 8.95. The van der Waals surface area contributed by atoms with Gasteiger partial charge in [-0.1, -0.05) is 42.0 Å². The molecule has 0 aliphatic carbocycles. The number of amides is 2. The molecule has 2 heterocycles. The number of benzene rings is 2. The molecule has 6 heteroatoms. The van der Waals surface area contributed by atoms with Gasteiger partial charge in [-0.2, -0.15) is 0 Å². The molecular formula is C24H27N5O. The van der Waals surface area contributed by atoms with Crippen LogP contribution in [-0.4, -0.2) is 47.3 Å². The van der Waals surface area contributed by atoms with Gasteiger partial charge in [0.15, 0.2) is 5.82 Å². The van der Waals surface area contributed by atoms with Crippen LogP contribution in [0.15, 0.2) is 54.6 Å². The number of nitrogens with one attached hydrogen (secondary N) is 1. The first kappa shape index (κ1) is 19.9. The van der Waals surface area contributed by atoms with Gasteiger partial charge in [0, 0.05) is 37.4 Å². The fourth-order valence-corrected chi connectivity index (χ4v) is 3.78. The lowest BCUT2D eigenvalue weighted by Crippen LogP contribution is -2.50. The Balaban J connectivity index is 1.37. The second-order valence-electron chi connectivity index (χ2n) is 7.81. The summed E-state index contributed by atoms with van der Waals surface area (Å²) in [6, 6.07) is 18.2. The third-order valence-corrected chi connectivity index (χ3v) is 5.59. The van der Waals surface area contributed by atoms with Gasteiger partial charge >= 0.3 is 6.03 Å². The second-order valence-corrected chi connectivity index (χ2v) is 7.81. The number of aromatic nitrogens is 2. The molecule has 1 saturated heterocycles. The Morgan fingerprint density at radius 1 is 0.867 bits per heavy atom. The molecule has 2 aromatic carbocycles. The van der Waals surface area contributed by atoms with Crippen LogP contribution in [0.2, 0.25) is 0 Å². The molecule has 0 unspecified atom stereocenters. The van der Waals surface area contributed by atoms with Gasteiger partial charge in [-0.25, -0.2) is 4.79 Å². The maximum atomic E-state index is 12.6. The molecule has 30 heavy (non-hydrogen) atoms. The average Bonchev–Trinajstić information content (AvgIpc) is 2.76. The number of hydrogen-bond acceptors (Lipinski definition) is 4. The molecular weight excluding hydrogens is 374 g/mol. The summed E-state index contributed by atoms with van der Waals surface area (Å²) in [5, 5.41) is 11.9. The highest BCUT2D eigenvalue weighted by Gasteiger charge is 2.22. The maximum absolute atomic E-state index is 12.6. The number of nitrogens with zero attached hydrogens (tertiary/aromatic N) is 4. The number of carbonyl (C=O) groups excluding carboxylic acids is 1. The van der Waals surface area contributed by atoms with Crippen molar-refractivity contribution >= 4 is 17.5 Å². The lowest BCUT2D eigenvalue weighted by molar-refractivity contribution is 0.208. The Morgan fingerprint density at radius 3 is 2.30 bits per heavy atom. The summed E-state index contributed by atoms with van der Waals surface area (Å²) < 4.78 is 0. The highest BCUT2D eigenvalue weighted by molar-refractivity contribution is 5.90. The third-order valence-electron chi connectivity index (χ3n) is 5.59. The van der Waals surface area contributed by atoms with Crippen molar-refractivity contribution in [2.24, 2.45) is 0 Å². The van der Waals surface area contributed by atoms with Crippen molar-refractivity contribution in [1.29, 1.82) is 0 Å². The van der Waals surface area contributed by atoms with E-state index in [0.717, 1.165) is 41.4 Å². The van der Waals surface area contributed by atoms with Gasteiger partial charge < -0.3 is 15.1 Å². The zero-order valence-electron chi connectivity index (χ0n) is 17.7. The number of rotatable bonds is 3. The Kier molecular flexibility index (Phi) is 5.65. The van der Waals surface area contributed by atoms with Gasteiger partial charge in [0.25, 0.3) is 0 Å². The van der Waals surface area contributed by atoms with Crippen LogP contribution in [0.3, 0.4) is 0 Å². The van der Waals surface area contributed by atoms with Crippen LogP contribution >= 0.6 is 0 Å². The van der Waals surface area contributed by atoms with Crippen LogP contribution in [0.4, 0.5) is 16.3 Å². The zero-order valence-corrected chi connectivity index (χ0v) is 17.7. The molecule has 1 aliphatic heterocycles. The van der Waals surface area contributed by atoms with Crippen molar-refractivity contribution in [3.8, 4) is 11.3 Å². The highest BCUT2D eigenvalue weighted by Crippen LogP contribution is 2.23. The number of aryl methyl sites for hydroxylation is 3. The fourth-order valence-electron chi connectivity index (χ4n) is 3.78. The minimum Gasteiger partial charge on any atom is -0.352 e. The van der Waals surface area contributed by atoms with Gasteiger partial charge in [0.2, 0.25) is 0 Å². The number of para-hydroxylation sites is 1. The number of carbonyl (C=O) groups is 1. The first-order chi connectivity index (χ1) is 14.5. The number of urea groups is 1. The smallest absolute Gasteiger partial charge is 0.321 e. The monoisotopic (exact) mass is 401 g/mol. The van der Waals surface area contributed by atoms with Gasteiger partial charge in [0.1, 0.15) is 0 Å². The summed E-state index contributed by atoms with van der Waals surface area (Å²) in [5.74, 6) is 0.850. The summed E-state index contributed by atoms with van der Waals surface area (Å²) in [6.07, 6.45) is 0. The summed E-state index contributed by atoms with van der Waals surface area (Å²) in [5.41, 5.74) is 6.35. The molecule has 154 valence electrons. The summed E-state index contributed by atoms with van der Waals surface area (Å²) in [7, 11) is 0. The molecule has 0 spiro atoms. The molecule has 0 radical (unpaired) electrons. The first-order valence-corrected chi connectivity index (χ1v) is 10.3. The van der Waals surface area contributed by atoms with E-state index in [1.807, 2.05) is 48.2 Å². The molecule has 0 bridgehead atoms. The molecule has 1 aliphatic rings. The van der Waals surface area contributed by atoms with E-state index in [1.54, 1.807) is 0 Å². The van der Waals surface area contributed by atoms with Crippen molar-refractivity contribution < 1.29 is 4.79 Å². The molecule has 1 aromatic heterocycles. The van der Waals surface area contributed by atoms with Crippen LogP contribution in [0.1, 0.15) is 16.7 Å². The normalized spacial score (nSPS) is 14.0. The SMILES string of the molecule is Cc1ccc(-c2ccc(N3CCN(C(=O)Nc4ccccc4C)CC3)nn2)c(C)c1. The van der Waals surface area contributed by atoms with E-state index in [2.05, 4.69) is 52.5 Å². The van der Waals surface area contributed by atoms with E-state index in [0.29, 0.717) is 13.1 Å². The molecule has 4 rings (SSSR count). The summed E-state index contributed by atoms with van der Waals surface area (Å²) >= 11 is 0. The minimum absolute atomic E-state index is 0.0553. The third kappa shape index (κ3) is 4.27. The van der Waals surface area contributed by atoms with Crippen molar-refractivity contribution in [2.45, 2.75) is 20.8 Å². The second kappa shape index (κ2) is 8.53.